The Hall–Kier alpha value is -2.76. The van der Waals surface area contributed by atoms with E-state index in [2.05, 4.69) is 42.5 Å². The zero-order valence-electron chi connectivity index (χ0n) is 17.2. The molecular formula is C25H26N2O2S. The highest BCUT2D eigenvalue weighted by Gasteiger charge is 2.57. The lowest BCUT2D eigenvalue weighted by atomic mass is 10.0. The van der Waals surface area contributed by atoms with Gasteiger partial charge in [0.25, 0.3) is 0 Å². The maximum absolute atomic E-state index is 12.5. The zero-order chi connectivity index (χ0) is 21.1. The summed E-state index contributed by atoms with van der Waals surface area (Å²) in [7, 11) is 4.11. The Bertz CT molecular complexity index is 1070. The number of hydrogen-bond acceptors (Lipinski definition) is 4. The summed E-state index contributed by atoms with van der Waals surface area (Å²) >= 11 is 1.87. The Morgan fingerprint density at radius 2 is 1.83 bits per heavy atom. The van der Waals surface area contributed by atoms with E-state index in [0.29, 0.717) is 11.8 Å². The number of aromatic hydroxyl groups is 1. The van der Waals surface area contributed by atoms with Gasteiger partial charge in [-0.25, -0.2) is 0 Å². The number of amides is 1. The SMILES string of the molecule is CN(C)[C@]1(CNC(=O)/C=C/c2cccc3ccccc23)SC1Cc1ccc(O)cc1. The summed E-state index contributed by atoms with van der Waals surface area (Å²) < 4.78 is 0. The summed E-state index contributed by atoms with van der Waals surface area (Å²) in [6.45, 7) is 0.589. The van der Waals surface area contributed by atoms with Crippen molar-refractivity contribution in [3.63, 3.8) is 0 Å². The first-order valence-corrected chi connectivity index (χ1v) is 10.9. The van der Waals surface area contributed by atoms with Crippen molar-refractivity contribution in [3.8, 4) is 5.75 Å². The second-order valence-electron chi connectivity index (χ2n) is 7.84. The third-order valence-corrected chi connectivity index (χ3v) is 7.45. The number of phenolic OH excluding ortho intramolecular Hbond substituents is 1. The predicted molar refractivity (Wildman–Crippen MR) is 126 cm³/mol. The minimum atomic E-state index is -0.0964. The van der Waals surface area contributed by atoms with Crippen LogP contribution < -0.4 is 5.32 Å². The van der Waals surface area contributed by atoms with Crippen molar-refractivity contribution in [2.45, 2.75) is 16.5 Å². The van der Waals surface area contributed by atoms with Gasteiger partial charge < -0.3 is 10.4 Å². The van der Waals surface area contributed by atoms with Crippen LogP contribution in [0.1, 0.15) is 11.1 Å². The monoisotopic (exact) mass is 418 g/mol. The predicted octanol–water partition coefficient (Wildman–Crippen LogP) is 4.29. The molecular weight excluding hydrogens is 392 g/mol. The van der Waals surface area contributed by atoms with Crippen LogP contribution in [0, 0.1) is 0 Å². The average Bonchev–Trinajstić information content (AvgIpc) is 3.46. The fraction of sp³-hybridized carbons (Fsp3) is 0.240. The fourth-order valence-electron chi connectivity index (χ4n) is 3.80. The highest BCUT2D eigenvalue weighted by molar-refractivity contribution is 8.08. The Morgan fingerprint density at radius 1 is 1.10 bits per heavy atom. The number of nitrogens with one attached hydrogen (secondary N) is 1. The van der Waals surface area contributed by atoms with Gasteiger partial charge in [0.15, 0.2) is 0 Å². The van der Waals surface area contributed by atoms with Crippen molar-refractivity contribution >= 4 is 34.5 Å². The van der Waals surface area contributed by atoms with Crippen LogP contribution in [0.3, 0.4) is 0 Å². The maximum atomic E-state index is 12.5. The number of likely N-dealkylation sites (N-methyl/N-ethyl adjacent to an activating group) is 1. The number of hydrogen-bond donors (Lipinski definition) is 2. The molecule has 0 radical (unpaired) electrons. The minimum absolute atomic E-state index is 0.0833. The third-order valence-electron chi connectivity index (χ3n) is 5.66. The average molecular weight is 419 g/mol. The lowest BCUT2D eigenvalue weighted by Gasteiger charge is -2.24. The molecule has 0 aliphatic carbocycles. The molecule has 1 saturated heterocycles. The molecule has 4 nitrogen and oxygen atoms in total. The van der Waals surface area contributed by atoms with E-state index in [0.717, 1.165) is 22.8 Å². The molecule has 1 aliphatic heterocycles. The van der Waals surface area contributed by atoms with E-state index in [1.807, 2.05) is 54.2 Å². The molecule has 3 aromatic carbocycles. The van der Waals surface area contributed by atoms with Gasteiger partial charge in [0.1, 0.15) is 5.75 Å². The zero-order valence-corrected chi connectivity index (χ0v) is 18.0. The molecule has 0 spiro atoms. The number of thioether (sulfide) groups is 1. The molecule has 1 fully saturated rings. The second kappa shape index (κ2) is 8.54. The summed E-state index contributed by atoms with van der Waals surface area (Å²) in [6, 6.07) is 21.7. The van der Waals surface area contributed by atoms with Crippen LogP contribution in [-0.4, -0.2) is 46.7 Å². The van der Waals surface area contributed by atoms with Crippen molar-refractivity contribution in [3.05, 3.63) is 83.9 Å². The molecule has 0 aromatic heterocycles. The molecule has 154 valence electrons. The minimum Gasteiger partial charge on any atom is -0.508 e. The second-order valence-corrected chi connectivity index (χ2v) is 9.35. The molecule has 1 heterocycles. The lowest BCUT2D eigenvalue weighted by Crippen LogP contribution is -2.44. The molecule has 2 N–H and O–H groups in total. The molecule has 1 aliphatic rings. The quantitative estimate of drug-likeness (QED) is 0.444. The van der Waals surface area contributed by atoms with E-state index < -0.39 is 0 Å². The third kappa shape index (κ3) is 4.37. The van der Waals surface area contributed by atoms with E-state index in [1.54, 1.807) is 18.2 Å². The molecule has 30 heavy (non-hydrogen) atoms. The van der Waals surface area contributed by atoms with Gasteiger partial charge in [0.2, 0.25) is 5.91 Å². The van der Waals surface area contributed by atoms with Crippen molar-refractivity contribution in [2.75, 3.05) is 20.6 Å². The number of carbonyl (C=O) groups is 1. The van der Waals surface area contributed by atoms with Gasteiger partial charge in [-0.2, -0.15) is 0 Å². The molecule has 0 bridgehead atoms. The van der Waals surface area contributed by atoms with E-state index in [9.17, 15) is 9.90 Å². The fourth-order valence-corrected chi connectivity index (χ4v) is 5.24. The van der Waals surface area contributed by atoms with Gasteiger partial charge in [-0.05, 0) is 60.6 Å². The topological polar surface area (TPSA) is 52.6 Å². The summed E-state index contributed by atoms with van der Waals surface area (Å²) in [4.78, 5) is 14.6. The molecule has 5 heteroatoms. The highest BCUT2D eigenvalue weighted by atomic mass is 32.2. The molecule has 2 atom stereocenters. The number of nitrogens with zero attached hydrogens (tertiary/aromatic N) is 1. The van der Waals surface area contributed by atoms with Crippen LogP contribution in [0.2, 0.25) is 0 Å². The number of phenols is 1. The van der Waals surface area contributed by atoms with Gasteiger partial charge in [-0.1, -0.05) is 54.6 Å². The van der Waals surface area contributed by atoms with E-state index in [-0.39, 0.29) is 16.5 Å². The molecule has 1 amide bonds. The highest BCUT2D eigenvalue weighted by Crippen LogP contribution is 2.55. The molecule has 0 saturated carbocycles. The van der Waals surface area contributed by atoms with Crippen LogP contribution in [0.5, 0.6) is 5.75 Å². The normalized spacial score (nSPS) is 20.7. The van der Waals surface area contributed by atoms with Gasteiger partial charge in [0, 0.05) is 17.9 Å². The first kappa shape index (κ1) is 20.5. The smallest absolute Gasteiger partial charge is 0.244 e. The van der Waals surface area contributed by atoms with Crippen molar-refractivity contribution < 1.29 is 9.90 Å². The van der Waals surface area contributed by atoms with Gasteiger partial charge in [-0.3, -0.25) is 9.69 Å². The van der Waals surface area contributed by atoms with Crippen molar-refractivity contribution in [1.29, 1.82) is 0 Å². The van der Waals surface area contributed by atoms with Crippen LogP contribution in [0.15, 0.2) is 72.8 Å². The van der Waals surface area contributed by atoms with E-state index in [4.69, 9.17) is 0 Å². The van der Waals surface area contributed by atoms with Gasteiger partial charge >= 0.3 is 0 Å². The summed E-state index contributed by atoms with van der Waals surface area (Å²) in [5.41, 5.74) is 2.23. The summed E-state index contributed by atoms with van der Waals surface area (Å²) in [5.74, 6) is 0.200. The molecule has 1 unspecified atom stereocenters. The number of benzene rings is 3. The first-order chi connectivity index (χ1) is 14.5. The van der Waals surface area contributed by atoms with Crippen LogP contribution >= 0.6 is 11.8 Å². The molecule has 3 aromatic rings. The largest absolute Gasteiger partial charge is 0.508 e. The Kier molecular flexibility index (Phi) is 5.84. The maximum Gasteiger partial charge on any atom is 0.244 e. The Labute approximate surface area is 181 Å². The van der Waals surface area contributed by atoms with Crippen LogP contribution in [0.4, 0.5) is 0 Å². The van der Waals surface area contributed by atoms with Gasteiger partial charge in [0.05, 0.1) is 4.87 Å². The summed E-state index contributed by atoms with van der Waals surface area (Å²) in [5, 5.41) is 15.3. The first-order valence-electron chi connectivity index (χ1n) is 10.0. The van der Waals surface area contributed by atoms with E-state index >= 15 is 0 Å². The van der Waals surface area contributed by atoms with Crippen molar-refractivity contribution in [2.24, 2.45) is 0 Å². The van der Waals surface area contributed by atoms with E-state index in [1.165, 1.54) is 5.56 Å². The Morgan fingerprint density at radius 3 is 2.60 bits per heavy atom. The standard InChI is InChI=1S/C25H26N2O2S/c1-27(2)25(23(30-25)16-18-10-13-21(28)14-11-18)17-26-24(29)15-12-20-8-5-7-19-6-3-4-9-22(19)20/h3-15,23,28H,16-17H2,1-2H3,(H,26,29)/b15-12+/t23?,25-/m1/s1. The van der Waals surface area contributed by atoms with Crippen LogP contribution in [0.25, 0.3) is 16.8 Å². The van der Waals surface area contributed by atoms with Crippen LogP contribution in [-0.2, 0) is 11.2 Å². The number of rotatable bonds is 7. The molecule has 4 rings (SSSR count). The number of carbonyl (C=O) groups excluding carboxylic acids is 1. The van der Waals surface area contributed by atoms with Gasteiger partial charge in [-0.15, -0.1) is 11.8 Å². The Balaban J connectivity index is 1.38. The summed E-state index contributed by atoms with van der Waals surface area (Å²) in [6.07, 6.45) is 4.41. The lowest BCUT2D eigenvalue weighted by molar-refractivity contribution is -0.116. The number of fused-ring (bicyclic) bond motifs is 1. The van der Waals surface area contributed by atoms with Crippen molar-refractivity contribution in [1.82, 2.24) is 10.2 Å².